The Hall–Kier alpha value is -2.77. The molecule has 0 amide bonds. The van der Waals surface area contributed by atoms with E-state index in [4.69, 9.17) is 16.3 Å². The molecule has 0 atom stereocenters. The molecule has 1 aliphatic rings. The molecule has 0 bridgehead atoms. The molecule has 3 aromatic rings. The van der Waals surface area contributed by atoms with Gasteiger partial charge in [-0.25, -0.2) is 9.18 Å². The fourth-order valence-corrected chi connectivity index (χ4v) is 4.24. The largest absolute Gasteiger partial charge is 0.488 e. The lowest BCUT2D eigenvalue weighted by molar-refractivity contribution is 0.0689. The van der Waals surface area contributed by atoms with Gasteiger partial charge in [0.05, 0.1) is 11.2 Å². The molecule has 0 fully saturated rings. The van der Waals surface area contributed by atoms with Gasteiger partial charge < -0.3 is 9.84 Å². The third-order valence-corrected chi connectivity index (χ3v) is 5.95. The highest BCUT2D eigenvalue weighted by molar-refractivity contribution is 9.10. The molecule has 2 aromatic carbocycles. The number of hydrogen-bond donors (Lipinski definition) is 1. The van der Waals surface area contributed by atoms with Gasteiger partial charge in [-0.15, -0.1) is 5.10 Å². The zero-order valence-electron chi connectivity index (χ0n) is 16.2. The SMILES string of the molecule is O=C(O)c1cc(C2=C(c3cc(Br)ccc3OCc3ccc(F)cc3Cl)CCC2)cnn1. The molecule has 1 aromatic heterocycles. The zero-order valence-corrected chi connectivity index (χ0v) is 18.6. The summed E-state index contributed by atoms with van der Waals surface area (Å²) in [6.07, 6.45) is 4.15. The second kappa shape index (κ2) is 9.16. The van der Waals surface area contributed by atoms with Crippen LogP contribution in [0, 0.1) is 5.82 Å². The smallest absolute Gasteiger partial charge is 0.356 e. The summed E-state index contributed by atoms with van der Waals surface area (Å²) in [4.78, 5) is 11.3. The maximum Gasteiger partial charge on any atom is 0.356 e. The molecular weight excluding hydrogens is 487 g/mol. The minimum absolute atomic E-state index is 0.0899. The van der Waals surface area contributed by atoms with Crippen LogP contribution in [0.5, 0.6) is 5.75 Å². The van der Waals surface area contributed by atoms with Gasteiger partial charge in [-0.2, -0.15) is 5.10 Å². The van der Waals surface area contributed by atoms with Crippen LogP contribution in [0.25, 0.3) is 11.1 Å². The predicted octanol–water partition coefficient (Wildman–Crippen LogP) is 6.40. The predicted molar refractivity (Wildman–Crippen MR) is 120 cm³/mol. The third-order valence-electron chi connectivity index (χ3n) is 5.10. The third kappa shape index (κ3) is 4.78. The Morgan fingerprint density at radius 1 is 1.16 bits per heavy atom. The zero-order chi connectivity index (χ0) is 22.0. The van der Waals surface area contributed by atoms with Crippen molar-refractivity contribution < 1.29 is 19.0 Å². The van der Waals surface area contributed by atoms with Crippen LogP contribution in [-0.2, 0) is 6.61 Å². The van der Waals surface area contributed by atoms with Gasteiger partial charge in [0.2, 0.25) is 0 Å². The molecule has 0 spiro atoms. The van der Waals surface area contributed by atoms with Crippen molar-refractivity contribution in [1.82, 2.24) is 10.2 Å². The summed E-state index contributed by atoms with van der Waals surface area (Å²) in [5.74, 6) is -0.846. The van der Waals surface area contributed by atoms with Gasteiger partial charge >= 0.3 is 5.97 Å². The number of hydrogen-bond acceptors (Lipinski definition) is 4. The van der Waals surface area contributed by atoms with Crippen molar-refractivity contribution in [3.63, 3.8) is 0 Å². The molecule has 0 saturated heterocycles. The van der Waals surface area contributed by atoms with Crippen LogP contribution in [0.3, 0.4) is 0 Å². The number of allylic oxidation sites excluding steroid dienone is 2. The molecule has 0 aliphatic heterocycles. The molecule has 8 heteroatoms. The average Bonchev–Trinajstić information content (AvgIpc) is 3.23. The number of ether oxygens (including phenoxy) is 1. The Morgan fingerprint density at radius 3 is 2.74 bits per heavy atom. The quantitative estimate of drug-likeness (QED) is 0.421. The molecule has 0 saturated carbocycles. The maximum atomic E-state index is 13.3. The molecule has 158 valence electrons. The van der Waals surface area contributed by atoms with Gasteiger partial charge in [-0.1, -0.05) is 33.6 Å². The Labute approximate surface area is 191 Å². The van der Waals surface area contributed by atoms with E-state index in [1.807, 2.05) is 18.2 Å². The summed E-state index contributed by atoms with van der Waals surface area (Å²) >= 11 is 9.66. The Morgan fingerprint density at radius 2 is 1.97 bits per heavy atom. The lowest BCUT2D eigenvalue weighted by atomic mass is 9.97. The van der Waals surface area contributed by atoms with Gasteiger partial charge in [0.1, 0.15) is 18.2 Å². The van der Waals surface area contributed by atoms with Crippen molar-refractivity contribution in [2.45, 2.75) is 25.9 Å². The van der Waals surface area contributed by atoms with Crippen LogP contribution in [0.15, 0.2) is 53.1 Å². The second-order valence-corrected chi connectivity index (χ2v) is 8.43. The van der Waals surface area contributed by atoms with Gasteiger partial charge in [0.25, 0.3) is 0 Å². The number of aromatic nitrogens is 2. The van der Waals surface area contributed by atoms with E-state index < -0.39 is 11.8 Å². The summed E-state index contributed by atoms with van der Waals surface area (Å²) in [5.41, 5.74) is 4.35. The number of carbonyl (C=O) groups is 1. The van der Waals surface area contributed by atoms with Crippen LogP contribution >= 0.6 is 27.5 Å². The number of aromatic carboxylic acids is 1. The Bertz CT molecular complexity index is 1200. The van der Waals surface area contributed by atoms with Crippen molar-refractivity contribution in [2.24, 2.45) is 0 Å². The Balaban J connectivity index is 1.71. The first-order chi connectivity index (χ1) is 14.9. The molecule has 0 radical (unpaired) electrons. The first kappa shape index (κ1) is 21.5. The van der Waals surface area contributed by atoms with Crippen molar-refractivity contribution in [3.8, 4) is 5.75 Å². The fraction of sp³-hybridized carbons (Fsp3) is 0.174. The molecule has 0 unspecified atom stereocenters. The monoisotopic (exact) mass is 502 g/mol. The van der Waals surface area contributed by atoms with E-state index in [0.717, 1.165) is 46.0 Å². The van der Waals surface area contributed by atoms with Gasteiger partial charge in [-0.3, -0.25) is 0 Å². The van der Waals surface area contributed by atoms with Crippen LogP contribution in [0.4, 0.5) is 4.39 Å². The number of carboxylic acids is 1. The van der Waals surface area contributed by atoms with E-state index >= 15 is 0 Å². The van der Waals surface area contributed by atoms with E-state index in [1.54, 1.807) is 18.3 Å². The van der Waals surface area contributed by atoms with E-state index in [9.17, 15) is 14.3 Å². The minimum atomic E-state index is -1.11. The van der Waals surface area contributed by atoms with Crippen molar-refractivity contribution in [2.75, 3.05) is 0 Å². The van der Waals surface area contributed by atoms with Crippen molar-refractivity contribution >= 4 is 44.6 Å². The standard InChI is InChI=1S/C23H17BrClFN2O3/c24-15-5-7-22(31-12-13-4-6-16(26)10-20(13)25)19(9-15)18-3-1-2-17(18)14-8-21(23(29)30)28-27-11-14/h4-11H,1-3,12H2,(H,29,30). The molecule has 1 heterocycles. The summed E-state index contributed by atoms with van der Waals surface area (Å²) in [6, 6.07) is 11.5. The molecule has 1 N–H and O–H groups in total. The van der Waals surface area contributed by atoms with Crippen LogP contribution in [0.1, 0.15) is 46.4 Å². The fourth-order valence-electron chi connectivity index (χ4n) is 3.65. The van der Waals surface area contributed by atoms with Crippen molar-refractivity contribution in [1.29, 1.82) is 0 Å². The van der Waals surface area contributed by atoms with Gasteiger partial charge in [0.15, 0.2) is 5.69 Å². The lowest BCUT2D eigenvalue weighted by Gasteiger charge is -2.15. The Kier molecular flexibility index (Phi) is 6.34. The summed E-state index contributed by atoms with van der Waals surface area (Å²) in [5, 5.41) is 17.1. The van der Waals surface area contributed by atoms with E-state index in [2.05, 4.69) is 26.1 Å². The molecule has 4 rings (SSSR count). The number of benzene rings is 2. The summed E-state index contributed by atoms with van der Waals surface area (Å²) in [6.45, 7) is 0.191. The van der Waals surface area contributed by atoms with E-state index in [-0.39, 0.29) is 12.3 Å². The summed E-state index contributed by atoms with van der Waals surface area (Å²) < 4.78 is 20.3. The minimum Gasteiger partial charge on any atom is -0.488 e. The van der Waals surface area contributed by atoms with Gasteiger partial charge in [0, 0.05) is 21.2 Å². The van der Waals surface area contributed by atoms with Gasteiger partial charge in [-0.05, 0) is 66.8 Å². The highest BCUT2D eigenvalue weighted by Gasteiger charge is 2.22. The molecule has 1 aliphatic carbocycles. The van der Waals surface area contributed by atoms with E-state index in [0.29, 0.717) is 16.3 Å². The number of rotatable bonds is 6. The number of halogens is 3. The molecule has 31 heavy (non-hydrogen) atoms. The lowest BCUT2D eigenvalue weighted by Crippen LogP contribution is -2.03. The van der Waals surface area contributed by atoms with Crippen molar-refractivity contribution in [3.05, 3.63) is 86.4 Å². The first-order valence-electron chi connectivity index (χ1n) is 9.57. The average molecular weight is 504 g/mol. The number of carboxylic acid groups (broad SMARTS) is 1. The maximum absolute atomic E-state index is 13.3. The van der Waals surface area contributed by atoms with Crippen LogP contribution in [0.2, 0.25) is 5.02 Å². The normalized spacial score (nSPS) is 13.5. The number of nitrogens with zero attached hydrogens (tertiary/aromatic N) is 2. The topological polar surface area (TPSA) is 72.3 Å². The van der Waals surface area contributed by atoms with Crippen LogP contribution < -0.4 is 4.74 Å². The first-order valence-corrected chi connectivity index (χ1v) is 10.7. The summed E-state index contributed by atoms with van der Waals surface area (Å²) in [7, 11) is 0. The highest BCUT2D eigenvalue weighted by Crippen LogP contribution is 2.43. The molecule has 5 nitrogen and oxygen atoms in total. The van der Waals surface area contributed by atoms with E-state index in [1.165, 1.54) is 12.1 Å². The second-order valence-electron chi connectivity index (χ2n) is 7.11. The molecular formula is C23H17BrClFN2O3. The van der Waals surface area contributed by atoms with Crippen LogP contribution in [-0.4, -0.2) is 21.3 Å². The highest BCUT2D eigenvalue weighted by atomic mass is 79.9.